The lowest BCUT2D eigenvalue weighted by atomic mass is 10.2. The summed E-state index contributed by atoms with van der Waals surface area (Å²) in [6, 6.07) is 11.9. The fourth-order valence-corrected chi connectivity index (χ4v) is 1.98. The molecule has 0 fully saturated rings. The number of anilines is 1. The third kappa shape index (κ3) is 2.83. The molecule has 0 unspecified atom stereocenters. The molecule has 3 rings (SSSR count). The van der Waals surface area contributed by atoms with Crippen LogP contribution >= 0.6 is 11.6 Å². The van der Waals surface area contributed by atoms with Gasteiger partial charge in [0.05, 0.1) is 16.3 Å². The van der Waals surface area contributed by atoms with Crippen molar-refractivity contribution in [3.8, 4) is 0 Å². The Morgan fingerprint density at radius 3 is 2.86 bits per heavy atom. The Labute approximate surface area is 125 Å². The molecule has 0 amide bonds. The van der Waals surface area contributed by atoms with E-state index in [4.69, 9.17) is 26.5 Å². The van der Waals surface area contributed by atoms with E-state index in [0.29, 0.717) is 27.7 Å². The van der Waals surface area contributed by atoms with Gasteiger partial charge in [0.1, 0.15) is 5.52 Å². The number of nitrogen functional groups attached to an aromatic ring is 1. The first-order chi connectivity index (χ1) is 10.1. The van der Waals surface area contributed by atoms with Crippen molar-refractivity contribution in [2.24, 2.45) is 0 Å². The number of carbonyl (C=O) groups excluding carboxylic acids is 1. The molecule has 1 aromatic heterocycles. The number of hydrogen-bond acceptors (Lipinski definition) is 5. The van der Waals surface area contributed by atoms with E-state index >= 15 is 0 Å². The zero-order valence-corrected chi connectivity index (χ0v) is 11.6. The third-order valence-corrected chi connectivity index (χ3v) is 3.24. The highest BCUT2D eigenvalue weighted by molar-refractivity contribution is 6.33. The fraction of sp³-hybridized carbons (Fsp3) is 0.0667. The number of carbonyl (C=O) groups is 1. The Balaban J connectivity index is 1.71. The van der Waals surface area contributed by atoms with E-state index < -0.39 is 5.97 Å². The van der Waals surface area contributed by atoms with E-state index in [2.05, 4.69) is 4.98 Å². The summed E-state index contributed by atoms with van der Waals surface area (Å²) in [5.41, 5.74) is 7.67. The van der Waals surface area contributed by atoms with Crippen molar-refractivity contribution in [3.05, 3.63) is 58.9 Å². The zero-order valence-electron chi connectivity index (χ0n) is 10.9. The Morgan fingerprint density at radius 2 is 2.10 bits per heavy atom. The van der Waals surface area contributed by atoms with Crippen LogP contribution in [0.1, 0.15) is 16.2 Å². The van der Waals surface area contributed by atoms with Crippen LogP contribution in [0.4, 0.5) is 5.69 Å². The minimum Gasteiger partial charge on any atom is -0.452 e. The van der Waals surface area contributed by atoms with Gasteiger partial charge in [0.25, 0.3) is 0 Å². The summed E-state index contributed by atoms with van der Waals surface area (Å²) < 4.78 is 10.6. The van der Waals surface area contributed by atoms with Crippen LogP contribution in [0.2, 0.25) is 5.02 Å². The van der Waals surface area contributed by atoms with Gasteiger partial charge < -0.3 is 14.9 Å². The highest BCUT2D eigenvalue weighted by Crippen LogP contribution is 2.20. The normalized spacial score (nSPS) is 10.7. The van der Waals surface area contributed by atoms with E-state index in [1.807, 2.05) is 18.2 Å². The number of nitrogens with two attached hydrogens (primary N) is 1. The van der Waals surface area contributed by atoms with E-state index in [0.717, 1.165) is 5.52 Å². The average molecular weight is 303 g/mol. The van der Waals surface area contributed by atoms with Gasteiger partial charge >= 0.3 is 5.97 Å². The maximum atomic E-state index is 11.9. The van der Waals surface area contributed by atoms with Gasteiger partial charge in [-0.05, 0) is 30.3 Å². The number of nitrogens with zero attached hydrogens (tertiary/aromatic N) is 1. The summed E-state index contributed by atoms with van der Waals surface area (Å²) >= 11 is 5.80. The number of hydrogen-bond donors (Lipinski definition) is 1. The number of halogens is 1. The maximum Gasteiger partial charge on any atom is 0.338 e. The van der Waals surface area contributed by atoms with Crippen LogP contribution in [0.25, 0.3) is 11.1 Å². The summed E-state index contributed by atoms with van der Waals surface area (Å²) in [7, 11) is 0. The van der Waals surface area contributed by atoms with Crippen LogP contribution in [0.15, 0.2) is 46.9 Å². The van der Waals surface area contributed by atoms with Crippen molar-refractivity contribution in [3.63, 3.8) is 0 Å². The summed E-state index contributed by atoms with van der Waals surface area (Å²) in [6.45, 7) is -0.0456. The maximum absolute atomic E-state index is 11.9. The topological polar surface area (TPSA) is 78.4 Å². The Bertz CT molecular complexity index is 781. The van der Waals surface area contributed by atoms with E-state index in [1.165, 1.54) is 6.07 Å². The molecule has 3 aromatic rings. The zero-order chi connectivity index (χ0) is 14.8. The van der Waals surface area contributed by atoms with Crippen LogP contribution in [-0.4, -0.2) is 11.0 Å². The van der Waals surface area contributed by atoms with Crippen molar-refractivity contribution in [2.45, 2.75) is 6.61 Å². The molecule has 5 nitrogen and oxygen atoms in total. The number of rotatable bonds is 3. The Kier molecular flexibility index (Phi) is 3.50. The molecular weight excluding hydrogens is 292 g/mol. The van der Waals surface area contributed by atoms with Crippen molar-refractivity contribution in [2.75, 3.05) is 5.73 Å². The third-order valence-electron chi connectivity index (χ3n) is 2.90. The first-order valence-electron chi connectivity index (χ1n) is 6.20. The second-order valence-electron chi connectivity index (χ2n) is 4.39. The molecule has 0 atom stereocenters. The lowest BCUT2D eigenvalue weighted by molar-refractivity contribution is 0.0440. The van der Waals surface area contributed by atoms with Gasteiger partial charge in [0.15, 0.2) is 12.2 Å². The number of para-hydroxylation sites is 2. The van der Waals surface area contributed by atoms with Gasteiger partial charge in [0.2, 0.25) is 5.89 Å². The minimum absolute atomic E-state index is 0.0456. The average Bonchev–Trinajstić information content (AvgIpc) is 2.90. The fourth-order valence-electron chi connectivity index (χ4n) is 1.86. The van der Waals surface area contributed by atoms with Gasteiger partial charge in [0, 0.05) is 0 Å². The number of esters is 1. The molecular formula is C15H11ClN2O3. The molecule has 1 heterocycles. The number of fused-ring (bicyclic) bond motifs is 1. The molecule has 0 bridgehead atoms. The SMILES string of the molecule is Nc1cc(C(=O)OCc2nc3ccccc3o2)ccc1Cl. The molecule has 0 spiro atoms. The van der Waals surface area contributed by atoms with Crippen molar-refractivity contribution < 1.29 is 13.9 Å². The molecule has 2 N–H and O–H groups in total. The lowest BCUT2D eigenvalue weighted by Gasteiger charge is -2.04. The van der Waals surface area contributed by atoms with Gasteiger partial charge in [-0.2, -0.15) is 0 Å². The van der Waals surface area contributed by atoms with Gasteiger partial charge in [-0.3, -0.25) is 0 Å². The molecule has 6 heteroatoms. The molecule has 106 valence electrons. The molecule has 2 aromatic carbocycles. The quantitative estimate of drug-likeness (QED) is 0.592. The molecule has 0 saturated carbocycles. The number of ether oxygens (including phenoxy) is 1. The predicted octanol–water partition coefficient (Wildman–Crippen LogP) is 3.42. The molecule has 0 aliphatic rings. The first kappa shape index (κ1) is 13.5. The highest BCUT2D eigenvalue weighted by Gasteiger charge is 2.12. The second kappa shape index (κ2) is 5.46. The largest absolute Gasteiger partial charge is 0.452 e. The first-order valence-corrected chi connectivity index (χ1v) is 6.58. The standard InChI is InChI=1S/C15H11ClN2O3/c16-10-6-5-9(7-11(10)17)15(19)20-8-14-18-12-3-1-2-4-13(12)21-14/h1-7H,8,17H2. The van der Waals surface area contributed by atoms with Crippen molar-refractivity contribution in [1.29, 1.82) is 0 Å². The molecule has 0 aliphatic heterocycles. The lowest BCUT2D eigenvalue weighted by Crippen LogP contribution is -2.06. The Morgan fingerprint density at radius 1 is 1.29 bits per heavy atom. The van der Waals surface area contributed by atoms with Crippen LogP contribution in [0, 0.1) is 0 Å². The van der Waals surface area contributed by atoms with E-state index in [9.17, 15) is 4.79 Å². The molecule has 0 radical (unpaired) electrons. The van der Waals surface area contributed by atoms with E-state index in [-0.39, 0.29) is 6.61 Å². The van der Waals surface area contributed by atoms with Crippen LogP contribution in [0.3, 0.4) is 0 Å². The monoisotopic (exact) mass is 302 g/mol. The summed E-state index contributed by atoms with van der Waals surface area (Å²) in [6.07, 6.45) is 0. The van der Waals surface area contributed by atoms with Crippen LogP contribution in [-0.2, 0) is 11.3 Å². The second-order valence-corrected chi connectivity index (χ2v) is 4.79. The number of oxazole rings is 1. The van der Waals surface area contributed by atoms with Crippen LogP contribution in [0.5, 0.6) is 0 Å². The van der Waals surface area contributed by atoms with Gasteiger partial charge in [-0.1, -0.05) is 23.7 Å². The van der Waals surface area contributed by atoms with Gasteiger partial charge in [-0.25, -0.2) is 9.78 Å². The highest BCUT2D eigenvalue weighted by atomic mass is 35.5. The van der Waals surface area contributed by atoms with Crippen molar-refractivity contribution in [1.82, 2.24) is 4.98 Å². The molecule has 0 aliphatic carbocycles. The van der Waals surface area contributed by atoms with Gasteiger partial charge in [-0.15, -0.1) is 0 Å². The summed E-state index contributed by atoms with van der Waals surface area (Å²) in [5.74, 6) is -0.174. The molecule has 0 saturated heterocycles. The van der Waals surface area contributed by atoms with E-state index in [1.54, 1.807) is 18.2 Å². The van der Waals surface area contributed by atoms with Crippen molar-refractivity contribution >= 4 is 34.4 Å². The summed E-state index contributed by atoms with van der Waals surface area (Å²) in [5, 5.41) is 0.394. The predicted molar refractivity (Wildman–Crippen MR) is 79.0 cm³/mol. The van der Waals surface area contributed by atoms with Crippen LogP contribution < -0.4 is 5.73 Å². The number of benzene rings is 2. The Hall–Kier alpha value is -2.53. The minimum atomic E-state index is -0.513. The molecule has 21 heavy (non-hydrogen) atoms. The smallest absolute Gasteiger partial charge is 0.338 e. The summed E-state index contributed by atoms with van der Waals surface area (Å²) in [4.78, 5) is 16.1. The number of aromatic nitrogens is 1.